The molecule has 0 aliphatic heterocycles. The second kappa shape index (κ2) is 5.22. The van der Waals surface area contributed by atoms with Crippen molar-refractivity contribution < 1.29 is 4.79 Å². The Morgan fingerprint density at radius 2 is 1.83 bits per heavy atom. The maximum Gasteiger partial charge on any atom is 0.244 e. The fraction of sp³-hybridized carbons (Fsp3) is 0.467. The van der Waals surface area contributed by atoms with E-state index in [-0.39, 0.29) is 5.91 Å². The molecule has 0 heterocycles. The summed E-state index contributed by atoms with van der Waals surface area (Å²) in [5.74, 6) is -0.145. The van der Waals surface area contributed by atoms with E-state index in [0.717, 1.165) is 30.5 Å². The van der Waals surface area contributed by atoms with E-state index in [1.807, 2.05) is 31.2 Å². The first-order valence-corrected chi connectivity index (χ1v) is 6.46. The third kappa shape index (κ3) is 2.53. The molecule has 1 fully saturated rings. The van der Waals surface area contributed by atoms with E-state index >= 15 is 0 Å². The Hall–Kier alpha value is -1.82. The largest absolute Gasteiger partial charge is 0.325 e. The number of nitrogens with one attached hydrogen (secondary N) is 1. The lowest BCUT2D eigenvalue weighted by Crippen LogP contribution is -2.36. The zero-order valence-corrected chi connectivity index (χ0v) is 10.7. The van der Waals surface area contributed by atoms with Crippen molar-refractivity contribution in [2.24, 2.45) is 5.41 Å². The number of benzene rings is 1. The van der Waals surface area contributed by atoms with Crippen molar-refractivity contribution in [2.45, 2.75) is 39.0 Å². The van der Waals surface area contributed by atoms with Gasteiger partial charge in [0, 0.05) is 5.69 Å². The number of anilines is 1. The van der Waals surface area contributed by atoms with E-state index < -0.39 is 5.41 Å². The number of aryl methyl sites for hydroxylation is 1. The Kier molecular flexibility index (Phi) is 3.66. The number of carbonyl (C=O) groups excluding carboxylic acids is 1. The monoisotopic (exact) mass is 242 g/mol. The van der Waals surface area contributed by atoms with Crippen LogP contribution in [0.1, 0.15) is 37.7 Å². The maximum absolute atomic E-state index is 12.3. The van der Waals surface area contributed by atoms with E-state index in [2.05, 4.69) is 11.4 Å². The summed E-state index contributed by atoms with van der Waals surface area (Å²) in [7, 11) is 0. The number of hydrogen-bond acceptors (Lipinski definition) is 2. The molecule has 18 heavy (non-hydrogen) atoms. The van der Waals surface area contributed by atoms with Gasteiger partial charge in [-0.1, -0.05) is 37.0 Å². The van der Waals surface area contributed by atoms with Crippen LogP contribution in [0.4, 0.5) is 5.69 Å². The fourth-order valence-corrected chi connectivity index (χ4v) is 2.43. The molecule has 0 aromatic heterocycles. The predicted molar refractivity (Wildman–Crippen MR) is 70.9 cm³/mol. The molecule has 3 heteroatoms. The summed E-state index contributed by atoms with van der Waals surface area (Å²) in [5.41, 5.74) is 1.11. The third-order valence-electron chi connectivity index (χ3n) is 3.67. The van der Waals surface area contributed by atoms with Gasteiger partial charge in [0.15, 0.2) is 0 Å². The van der Waals surface area contributed by atoms with Crippen molar-refractivity contribution in [3.63, 3.8) is 0 Å². The first-order valence-electron chi connectivity index (χ1n) is 6.46. The Labute approximate surface area is 108 Å². The minimum Gasteiger partial charge on any atom is -0.325 e. The summed E-state index contributed by atoms with van der Waals surface area (Å²) in [6.45, 7) is 2.00. The highest BCUT2D eigenvalue weighted by Crippen LogP contribution is 2.36. The van der Waals surface area contributed by atoms with Crippen molar-refractivity contribution in [1.82, 2.24) is 0 Å². The second-order valence-corrected chi connectivity index (χ2v) is 5.07. The van der Waals surface area contributed by atoms with E-state index in [1.165, 1.54) is 0 Å². The molecule has 2 rings (SSSR count). The van der Waals surface area contributed by atoms with E-state index in [9.17, 15) is 10.1 Å². The lowest BCUT2D eigenvalue weighted by Gasteiger charge is -2.29. The van der Waals surface area contributed by atoms with Crippen molar-refractivity contribution in [1.29, 1.82) is 5.26 Å². The van der Waals surface area contributed by atoms with Gasteiger partial charge in [-0.25, -0.2) is 0 Å². The van der Waals surface area contributed by atoms with Gasteiger partial charge in [0.05, 0.1) is 6.07 Å². The van der Waals surface area contributed by atoms with E-state index in [1.54, 1.807) is 0 Å². The zero-order valence-electron chi connectivity index (χ0n) is 10.7. The van der Waals surface area contributed by atoms with Gasteiger partial charge in [0.1, 0.15) is 5.41 Å². The van der Waals surface area contributed by atoms with Crippen LogP contribution in [0.25, 0.3) is 0 Å². The fourth-order valence-electron chi connectivity index (χ4n) is 2.43. The molecule has 1 N–H and O–H groups in total. The average Bonchev–Trinajstić information content (AvgIpc) is 2.42. The molecule has 1 aromatic rings. The highest BCUT2D eigenvalue weighted by molar-refractivity contribution is 5.97. The normalized spacial score (nSPS) is 17.8. The molecule has 1 amide bonds. The van der Waals surface area contributed by atoms with Gasteiger partial charge in [-0.2, -0.15) is 5.26 Å². The van der Waals surface area contributed by atoms with Gasteiger partial charge < -0.3 is 5.32 Å². The number of nitrogens with zero attached hydrogens (tertiary/aromatic N) is 1. The minimum absolute atomic E-state index is 0.145. The Morgan fingerprint density at radius 3 is 2.39 bits per heavy atom. The van der Waals surface area contributed by atoms with Gasteiger partial charge >= 0.3 is 0 Å². The number of rotatable bonds is 2. The number of amides is 1. The lowest BCUT2D eigenvalue weighted by atomic mass is 9.74. The molecule has 94 valence electrons. The van der Waals surface area contributed by atoms with Gasteiger partial charge in [0.2, 0.25) is 5.91 Å². The number of hydrogen-bond donors (Lipinski definition) is 1. The second-order valence-electron chi connectivity index (χ2n) is 5.07. The Balaban J connectivity index is 2.11. The van der Waals surface area contributed by atoms with Gasteiger partial charge in [-0.05, 0) is 31.9 Å². The number of nitriles is 1. The third-order valence-corrected chi connectivity index (χ3v) is 3.67. The van der Waals surface area contributed by atoms with Crippen molar-refractivity contribution >= 4 is 11.6 Å². The van der Waals surface area contributed by atoms with Crippen LogP contribution < -0.4 is 5.32 Å². The standard InChI is InChI=1S/C15H18N2O/c1-12-5-7-13(8-6-12)17-14(18)15(11-16)9-3-2-4-10-15/h5-8H,2-4,9-10H2,1H3,(H,17,18). The maximum atomic E-state index is 12.3. The number of carbonyl (C=O) groups is 1. The summed E-state index contributed by atoms with van der Waals surface area (Å²) in [4.78, 5) is 12.3. The molecule has 0 saturated heterocycles. The molecule has 0 atom stereocenters. The van der Waals surface area contributed by atoms with Crippen molar-refractivity contribution in [2.75, 3.05) is 5.32 Å². The van der Waals surface area contributed by atoms with E-state index in [0.29, 0.717) is 12.8 Å². The first kappa shape index (κ1) is 12.6. The van der Waals surface area contributed by atoms with Crippen molar-refractivity contribution in [3.8, 4) is 6.07 Å². The topological polar surface area (TPSA) is 52.9 Å². The molecule has 0 bridgehead atoms. The van der Waals surface area contributed by atoms with Crippen LogP contribution >= 0.6 is 0 Å². The summed E-state index contributed by atoms with van der Waals surface area (Å²) < 4.78 is 0. The average molecular weight is 242 g/mol. The summed E-state index contributed by atoms with van der Waals surface area (Å²) >= 11 is 0. The first-order chi connectivity index (χ1) is 8.66. The molecule has 0 unspecified atom stereocenters. The van der Waals surface area contributed by atoms with Gasteiger partial charge in [0.25, 0.3) is 0 Å². The Bertz CT molecular complexity index is 464. The Morgan fingerprint density at radius 1 is 1.22 bits per heavy atom. The molecular weight excluding hydrogens is 224 g/mol. The predicted octanol–water partition coefficient (Wildman–Crippen LogP) is 3.41. The lowest BCUT2D eigenvalue weighted by molar-refractivity contribution is -0.124. The van der Waals surface area contributed by atoms with Crippen LogP contribution in [0.5, 0.6) is 0 Å². The SMILES string of the molecule is Cc1ccc(NC(=O)C2(C#N)CCCCC2)cc1. The molecule has 1 aliphatic rings. The van der Waals surface area contributed by atoms with Gasteiger partial charge in [-0.15, -0.1) is 0 Å². The molecule has 3 nitrogen and oxygen atoms in total. The smallest absolute Gasteiger partial charge is 0.244 e. The van der Waals surface area contributed by atoms with Crippen LogP contribution in [0.3, 0.4) is 0 Å². The van der Waals surface area contributed by atoms with E-state index in [4.69, 9.17) is 0 Å². The quantitative estimate of drug-likeness (QED) is 0.864. The molecule has 1 saturated carbocycles. The van der Waals surface area contributed by atoms with Crippen LogP contribution in [0.2, 0.25) is 0 Å². The van der Waals surface area contributed by atoms with Crippen LogP contribution in [0.15, 0.2) is 24.3 Å². The summed E-state index contributed by atoms with van der Waals surface area (Å²) in [5, 5.41) is 12.2. The van der Waals surface area contributed by atoms with Crippen LogP contribution in [-0.4, -0.2) is 5.91 Å². The molecule has 0 radical (unpaired) electrons. The molecule has 1 aromatic carbocycles. The minimum atomic E-state index is -0.816. The molecule has 1 aliphatic carbocycles. The van der Waals surface area contributed by atoms with Crippen LogP contribution in [-0.2, 0) is 4.79 Å². The van der Waals surface area contributed by atoms with Crippen LogP contribution in [0, 0.1) is 23.7 Å². The summed E-state index contributed by atoms with van der Waals surface area (Å²) in [6, 6.07) is 9.90. The highest BCUT2D eigenvalue weighted by atomic mass is 16.2. The zero-order chi connectivity index (χ0) is 13.0. The van der Waals surface area contributed by atoms with Gasteiger partial charge in [-0.3, -0.25) is 4.79 Å². The van der Waals surface area contributed by atoms with Crippen molar-refractivity contribution in [3.05, 3.63) is 29.8 Å². The summed E-state index contributed by atoms with van der Waals surface area (Å²) in [6.07, 6.45) is 4.42. The highest BCUT2D eigenvalue weighted by Gasteiger charge is 2.39. The molecular formula is C15H18N2O. The molecule has 0 spiro atoms.